The normalized spacial score (nSPS) is 17.2. The third-order valence-electron chi connectivity index (χ3n) is 4.64. The van der Waals surface area contributed by atoms with E-state index >= 15 is 0 Å². The van der Waals surface area contributed by atoms with Crippen LogP contribution in [0.25, 0.3) is 0 Å². The number of anilines is 1. The Balaban J connectivity index is 1.61. The summed E-state index contributed by atoms with van der Waals surface area (Å²) in [7, 11) is 0. The monoisotopic (exact) mass is 370 g/mol. The Kier molecular flexibility index (Phi) is 6.58. The van der Waals surface area contributed by atoms with Crippen LogP contribution >= 0.6 is 11.8 Å². The van der Waals surface area contributed by atoms with Crippen molar-refractivity contribution in [3.63, 3.8) is 0 Å². The summed E-state index contributed by atoms with van der Waals surface area (Å²) in [5.41, 5.74) is 2.11. The number of nitrogens with one attached hydrogen (secondary N) is 1. The van der Waals surface area contributed by atoms with Crippen LogP contribution in [-0.4, -0.2) is 36.8 Å². The molecule has 1 aliphatic heterocycles. The van der Waals surface area contributed by atoms with Crippen molar-refractivity contribution in [2.45, 2.75) is 30.7 Å². The summed E-state index contributed by atoms with van der Waals surface area (Å²) in [6.07, 6.45) is 4.24. The van der Waals surface area contributed by atoms with Gasteiger partial charge in [0.25, 0.3) is 0 Å². The second-order valence-electron chi connectivity index (χ2n) is 6.41. The zero-order chi connectivity index (χ0) is 18.4. The molecule has 0 spiro atoms. The number of amides is 1. The van der Waals surface area contributed by atoms with E-state index in [1.807, 2.05) is 49.6 Å². The molecule has 1 amide bonds. The first-order valence-electron chi connectivity index (χ1n) is 9.10. The first kappa shape index (κ1) is 18.8. The van der Waals surface area contributed by atoms with E-state index in [0.717, 1.165) is 35.7 Å². The zero-order valence-electron chi connectivity index (χ0n) is 15.4. The second-order valence-corrected chi connectivity index (χ2v) is 7.29. The highest BCUT2D eigenvalue weighted by molar-refractivity contribution is 7.98. The van der Waals surface area contributed by atoms with Gasteiger partial charge in [0.15, 0.2) is 0 Å². The van der Waals surface area contributed by atoms with E-state index in [9.17, 15) is 4.79 Å². The maximum atomic E-state index is 12.5. The number of thioether (sulfide) groups is 1. The van der Waals surface area contributed by atoms with Crippen molar-refractivity contribution in [2.24, 2.45) is 0 Å². The number of ether oxygens (including phenoxy) is 1. The maximum absolute atomic E-state index is 12.5. The van der Waals surface area contributed by atoms with Crippen LogP contribution in [0.2, 0.25) is 0 Å². The third-order valence-corrected chi connectivity index (χ3v) is 5.37. The summed E-state index contributed by atoms with van der Waals surface area (Å²) in [6.45, 7) is 4.03. The van der Waals surface area contributed by atoms with Crippen molar-refractivity contribution in [3.8, 4) is 5.75 Å². The van der Waals surface area contributed by atoms with Crippen molar-refractivity contribution >= 4 is 23.4 Å². The van der Waals surface area contributed by atoms with Gasteiger partial charge in [0.2, 0.25) is 5.91 Å². The SMILES string of the molecule is CCOc1ccc(C2CCCN2CC(=O)Nc2cccc(SC)c2)cc1. The molecule has 26 heavy (non-hydrogen) atoms. The topological polar surface area (TPSA) is 41.6 Å². The van der Waals surface area contributed by atoms with Crippen molar-refractivity contribution in [3.05, 3.63) is 54.1 Å². The predicted octanol–water partition coefficient (Wildman–Crippen LogP) is 4.58. The highest BCUT2D eigenvalue weighted by Gasteiger charge is 2.27. The fourth-order valence-electron chi connectivity index (χ4n) is 3.43. The molecule has 1 saturated heterocycles. The molecule has 4 nitrogen and oxygen atoms in total. The van der Waals surface area contributed by atoms with Gasteiger partial charge in [-0.3, -0.25) is 9.69 Å². The van der Waals surface area contributed by atoms with Crippen LogP contribution < -0.4 is 10.1 Å². The van der Waals surface area contributed by atoms with Crippen molar-refractivity contribution in [1.29, 1.82) is 0 Å². The van der Waals surface area contributed by atoms with Gasteiger partial charge in [-0.05, 0) is 68.5 Å². The van der Waals surface area contributed by atoms with Crippen LogP contribution in [0.3, 0.4) is 0 Å². The zero-order valence-corrected chi connectivity index (χ0v) is 16.2. The Morgan fingerprint density at radius 1 is 1.27 bits per heavy atom. The maximum Gasteiger partial charge on any atom is 0.238 e. The molecule has 1 fully saturated rings. The highest BCUT2D eigenvalue weighted by atomic mass is 32.2. The van der Waals surface area contributed by atoms with Crippen LogP contribution in [0.1, 0.15) is 31.4 Å². The Hall–Kier alpha value is -1.98. The molecule has 0 bridgehead atoms. The van der Waals surface area contributed by atoms with Gasteiger partial charge in [-0.1, -0.05) is 18.2 Å². The quantitative estimate of drug-likeness (QED) is 0.724. The fraction of sp³-hybridized carbons (Fsp3) is 0.381. The van der Waals surface area contributed by atoms with Crippen molar-refractivity contribution in [1.82, 2.24) is 4.90 Å². The molecular formula is C21H26N2O2S. The Morgan fingerprint density at radius 3 is 2.81 bits per heavy atom. The number of hydrogen-bond acceptors (Lipinski definition) is 4. The van der Waals surface area contributed by atoms with E-state index in [1.165, 1.54) is 5.56 Å². The highest BCUT2D eigenvalue weighted by Crippen LogP contribution is 2.32. The molecule has 2 aromatic rings. The standard InChI is InChI=1S/C21H26N2O2S/c1-3-25-18-11-9-16(10-12-18)20-8-5-13-23(20)15-21(24)22-17-6-4-7-19(14-17)26-2/h4,6-7,9-12,14,20H,3,5,8,13,15H2,1-2H3,(H,22,24). The second kappa shape index (κ2) is 9.10. The van der Waals surface area contributed by atoms with E-state index in [1.54, 1.807) is 11.8 Å². The van der Waals surface area contributed by atoms with Crippen LogP contribution in [0.4, 0.5) is 5.69 Å². The number of likely N-dealkylation sites (tertiary alicyclic amines) is 1. The number of rotatable bonds is 7. The predicted molar refractivity (Wildman–Crippen MR) is 108 cm³/mol. The van der Waals surface area contributed by atoms with Gasteiger partial charge in [-0.25, -0.2) is 0 Å². The lowest BCUT2D eigenvalue weighted by Crippen LogP contribution is -2.32. The number of carbonyl (C=O) groups excluding carboxylic acids is 1. The number of carbonyl (C=O) groups is 1. The van der Waals surface area contributed by atoms with Gasteiger partial charge in [-0.2, -0.15) is 0 Å². The van der Waals surface area contributed by atoms with E-state index in [4.69, 9.17) is 4.74 Å². The molecule has 5 heteroatoms. The third kappa shape index (κ3) is 4.80. The van der Waals surface area contributed by atoms with Crippen LogP contribution in [0.5, 0.6) is 5.75 Å². The smallest absolute Gasteiger partial charge is 0.238 e. The lowest BCUT2D eigenvalue weighted by molar-refractivity contribution is -0.117. The minimum absolute atomic E-state index is 0.0427. The average molecular weight is 371 g/mol. The summed E-state index contributed by atoms with van der Waals surface area (Å²) in [5, 5.41) is 3.03. The molecule has 3 rings (SSSR count). The molecule has 138 valence electrons. The van der Waals surface area contributed by atoms with E-state index in [-0.39, 0.29) is 5.91 Å². The van der Waals surface area contributed by atoms with Gasteiger partial charge in [-0.15, -0.1) is 11.8 Å². The Morgan fingerprint density at radius 2 is 2.08 bits per heavy atom. The lowest BCUT2D eigenvalue weighted by atomic mass is 10.0. The van der Waals surface area contributed by atoms with E-state index in [0.29, 0.717) is 19.2 Å². The first-order chi connectivity index (χ1) is 12.7. The molecule has 1 heterocycles. The summed E-state index contributed by atoms with van der Waals surface area (Å²) in [4.78, 5) is 15.9. The van der Waals surface area contributed by atoms with Crippen LogP contribution in [0.15, 0.2) is 53.4 Å². The molecule has 1 N–H and O–H groups in total. The molecule has 1 atom stereocenters. The van der Waals surface area contributed by atoms with Gasteiger partial charge in [0, 0.05) is 16.6 Å². The molecule has 1 aliphatic rings. The molecule has 0 aliphatic carbocycles. The number of benzene rings is 2. The van der Waals surface area contributed by atoms with Gasteiger partial charge in [0.05, 0.1) is 13.2 Å². The Labute approximate surface area is 159 Å². The minimum Gasteiger partial charge on any atom is -0.494 e. The number of hydrogen-bond donors (Lipinski definition) is 1. The summed E-state index contributed by atoms with van der Waals surface area (Å²) >= 11 is 1.67. The average Bonchev–Trinajstić information content (AvgIpc) is 3.10. The molecule has 0 radical (unpaired) electrons. The minimum atomic E-state index is 0.0427. The van der Waals surface area contributed by atoms with E-state index < -0.39 is 0 Å². The first-order valence-corrected chi connectivity index (χ1v) is 10.3. The summed E-state index contributed by atoms with van der Waals surface area (Å²) in [6, 6.07) is 16.5. The van der Waals surface area contributed by atoms with Crippen molar-refractivity contribution < 1.29 is 9.53 Å². The van der Waals surface area contributed by atoms with E-state index in [2.05, 4.69) is 22.3 Å². The molecule has 0 saturated carbocycles. The Bertz CT molecular complexity index is 733. The van der Waals surface area contributed by atoms with Gasteiger partial charge in [0.1, 0.15) is 5.75 Å². The van der Waals surface area contributed by atoms with Gasteiger partial charge >= 0.3 is 0 Å². The van der Waals surface area contributed by atoms with Crippen LogP contribution in [-0.2, 0) is 4.79 Å². The molecule has 2 aromatic carbocycles. The van der Waals surface area contributed by atoms with Gasteiger partial charge < -0.3 is 10.1 Å². The largest absolute Gasteiger partial charge is 0.494 e. The van der Waals surface area contributed by atoms with Crippen molar-refractivity contribution in [2.75, 3.05) is 31.3 Å². The summed E-state index contributed by atoms with van der Waals surface area (Å²) < 4.78 is 5.52. The fourth-order valence-corrected chi connectivity index (χ4v) is 3.89. The number of nitrogens with zero attached hydrogens (tertiary/aromatic N) is 1. The molecule has 0 aromatic heterocycles. The molecular weight excluding hydrogens is 344 g/mol. The lowest BCUT2D eigenvalue weighted by Gasteiger charge is -2.24. The van der Waals surface area contributed by atoms with Crippen LogP contribution in [0, 0.1) is 0 Å². The summed E-state index contributed by atoms with van der Waals surface area (Å²) in [5.74, 6) is 0.938. The molecule has 1 unspecified atom stereocenters.